The molecule has 2 rings (SSSR count). The molecule has 0 spiro atoms. The highest BCUT2D eigenvalue weighted by Crippen LogP contribution is 1.73. The van der Waals surface area contributed by atoms with Crippen LogP contribution < -0.4 is 10.4 Å². The van der Waals surface area contributed by atoms with Gasteiger partial charge in [-0.25, -0.2) is 0 Å². The minimum Gasteiger partial charge on any atom is -0.264 e. The Bertz CT molecular complexity index is 296. The molecule has 0 fully saturated rings. The number of nitrogens with zero attached hydrogens (tertiary/aromatic N) is 1. The van der Waals surface area contributed by atoms with Crippen LogP contribution >= 0.6 is 0 Å². The molecule has 2 heteroatoms. The van der Waals surface area contributed by atoms with Crippen LogP contribution in [0.15, 0.2) is 18.5 Å². The van der Waals surface area contributed by atoms with Crippen LogP contribution in [0.5, 0.6) is 0 Å². The average molecular weight is 133 g/mol. The molecule has 0 aliphatic carbocycles. The van der Waals surface area contributed by atoms with E-state index in [9.17, 15) is 0 Å². The zero-order chi connectivity index (χ0) is 6.10. The number of hydrogen-bond acceptors (Lipinski definition) is 1. The first-order valence-corrected chi connectivity index (χ1v) is 4.70. The fourth-order valence-corrected chi connectivity index (χ4v) is 2.43. The van der Waals surface area contributed by atoms with Crippen LogP contribution in [0.2, 0.25) is 0 Å². The van der Waals surface area contributed by atoms with Gasteiger partial charge in [-0.15, -0.1) is 0 Å². The molecule has 1 nitrogen and oxygen atoms in total. The van der Waals surface area contributed by atoms with Gasteiger partial charge < -0.3 is 0 Å². The topological polar surface area (TPSA) is 12.9 Å². The predicted molar refractivity (Wildman–Crippen MR) is 41.0 cm³/mol. The number of rotatable bonds is 0. The quantitative estimate of drug-likeness (QED) is 0.403. The highest BCUT2D eigenvalue weighted by molar-refractivity contribution is 6.68. The standard InChI is InChI=1S/C7H7NSi/c1-2-8-3-7-5-9-4-6(1)7/h1-5H,9H2. The summed E-state index contributed by atoms with van der Waals surface area (Å²) in [6.07, 6.45) is 3.79. The van der Waals surface area contributed by atoms with E-state index < -0.39 is 0 Å². The molecular formula is C7H7NSi. The molecule has 0 saturated heterocycles. The Labute approximate surface area is 55.6 Å². The lowest BCUT2D eigenvalue weighted by Crippen LogP contribution is -2.20. The highest BCUT2D eigenvalue weighted by Gasteiger charge is 1.89. The lowest BCUT2D eigenvalue weighted by Gasteiger charge is -1.79. The van der Waals surface area contributed by atoms with E-state index in [0.29, 0.717) is 0 Å². The fourth-order valence-electron chi connectivity index (χ4n) is 1.09. The van der Waals surface area contributed by atoms with Crippen LogP contribution in [0.3, 0.4) is 0 Å². The molecular weight excluding hydrogens is 126 g/mol. The lowest BCUT2D eigenvalue weighted by molar-refractivity contribution is 1.28. The Morgan fingerprint density at radius 2 is 2.11 bits per heavy atom. The van der Waals surface area contributed by atoms with Crippen LogP contribution in [-0.2, 0) is 0 Å². The van der Waals surface area contributed by atoms with Crippen molar-refractivity contribution in [1.82, 2.24) is 4.98 Å². The first kappa shape index (κ1) is 4.94. The summed E-state index contributed by atoms with van der Waals surface area (Å²) in [7, 11) is -0.000216. The molecule has 0 amide bonds. The SMILES string of the molecule is C1=c2ccncc2=C[SiH2]1. The Kier molecular flexibility index (Phi) is 0.992. The summed E-state index contributed by atoms with van der Waals surface area (Å²) in [5.41, 5.74) is 4.67. The Hall–Kier alpha value is -0.893. The van der Waals surface area contributed by atoms with E-state index in [-0.39, 0.29) is 9.52 Å². The normalized spacial score (nSPS) is 16.4. The lowest BCUT2D eigenvalue weighted by atomic mass is 10.3. The van der Waals surface area contributed by atoms with Crippen molar-refractivity contribution in [2.45, 2.75) is 0 Å². The van der Waals surface area contributed by atoms with Gasteiger partial charge in [-0.1, -0.05) is 11.4 Å². The molecule has 1 aromatic rings. The molecule has 0 saturated carbocycles. The fraction of sp³-hybridized carbons (Fsp3) is 0. The van der Waals surface area contributed by atoms with Crippen LogP contribution in [0.4, 0.5) is 0 Å². The predicted octanol–water partition coefficient (Wildman–Crippen LogP) is -1.26. The maximum atomic E-state index is 4.03. The zero-order valence-electron chi connectivity index (χ0n) is 5.04. The van der Waals surface area contributed by atoms with Gasteiger partial charge in [0.2, 0.25) is 0 Å². The van der Waals surface area contributed by atoms with Crippen molar-refractivity contribution < 1.29 is 0 Å². The van der Waals surface area contributed by atoms with Gasteiger partial charge in [-0.2, -0.15) is 0 Å². The molecule has 1 aliphatic heterocycles. The molecule has 2 heterocycles. The van der Waals surface area contributed by atoms with Crippen molar-refractivity contribution >= 4 is 20.9 Å². The van der Waals surface area contributed by atoms with Gasteiger partial charge in [0.05, 0.1) is 9.52 Å². The first-order valence-electron chi connectivity index (χ1n) is 3.07. The Morgan fingerprint density at radius 1 is 1.22 bits per heavy atom. The molecule has 9 heavy (non-hydrogen) atoms. The van der Waals surface area contributed by atoms with Crippen LogP contribution in [0.25, 0.3) is 11.4 Å². The van der Waals surface area contributed by atoms with E-state index in [4.69, 9.17) is 0 Å². The van der Waals surface area contributed by atoms with Gasteiger partial charge in [0.1, 0.15) is 0 Å². The number of aromatic nitrogens is 1. The van der Waals surface area contributed by atoms with Gasteiger partial charge in [-0.3, -0.25) is 4.98 Å². The summed E-state index contributed by atoms with van der Waals surface area (Å²) in [6, 6.07) is 2.08. The molecule has 0 bridgehead atoms. The van der Waals surface area contributed by atoms with Gasteiger partial charge in [0.25, 0.3) is 0 Å². The molecule has 0 atom stereocenters. The van der Waals surface area contributed by atoms with E-state index >= 15 is 0 Å². The average Bonchev–Trinajstić information content (AvgIpc) is 2.33. The summed E-state index contributed by atoms with van der Waals surface area (Å²) in [5.74, 6) is 0. The summed E-state index contributed by atoms with van der Waals surface area (Å²) >= 11 is 0. The van der Waals surface area contributed by atoms with Gasteiger partial charge >= 0.3 is 0 Å². The zero-order valence-corrected chi connectivity index (χ0v) is 6.46. The summed E-state index contributed by atoms with van der Waals surface area (Å²) < 4.78 is 0. The van der Waals surface area contributed by atoms with E-state index in [1.165, 1.54) is 10.4 Å². The van der Waals surface area contributed by atoms with Crippen molar-refractivity contribution in [1.29, 1.82) is 0 Å². The van der Waals surface area contributed by atoms with Crippen molar-refractivity contribution in [3.8, 4) is 0 Å². The molecule has 0 N–H and O–H groups in total. The Morgan fingerprint density at radius 3 is 3.00 bits per heavy atom. The van der Waals surface area contributed by atoms with E-state index in [1.807, 2.05) is 12.4 Å². The Balaban J connectivity index is 2.97. The number of pyridine rings is 1. The van der Waals surface area contributed by atoms with E-state index in [0.717, 1.165) is 0 Å². The van der Waals surface area contributed by atoms with Crippen LogP contribution in [0, 0.1) is 0 Å². The smallest absolute Gasteiger partial charge is 0.0708 e. The third-order valence-electron chi connectivity index (χ3n) is 1.56. The monoisotopic (exact) mass is 133 g/mol. The maximum Gasteiger partial charge on any atom is 0.0708 e. The summed E-state index contributed by atoms with van der Waals surface area (Å²) in [5, 5.41) is 2.72. The van der Waals surface area contributed by atoms with Crippen LogP contribution in [-0.4, -0.2) is 14.5 Å². The van der Waals surface area contributed by atoms with Gasteiger partial charge in [-0.05, 0) is 16.5 Å². The van der Waals surface area contributed by atoms with Crippen molar-refractivity contribution in [2.75, 3.05) is 0 Å². The molecule has 0 radical (unpaired) electrons. The number of hydrogen-bond donors (Lipinski definition) is 0. The van der Waals surface area contributed by atoms with E-state index in [1.54, 1.807) is 0 Å². The second-order valence-electron chi connectivity index (χ2n) is 2.15. The second-order valence-corrected chi connectivity index (χ2v) is 3.44. The maximum absolute atomic E-state index is 4.03. The van der Waals surface area contributed by atoms with Crippen molar-refractivity contribution in [3.63, 3.8) is 0 Å². The number of fused-ring (bicyclic) bond motifs is 1. The molecule has 0 unspecified atom stereocenters. The first-order chi connectivity index (χ1) is 4.47. The van der Waals surface area contributed by atoms with Crippen molar-refractivity contribution in [2.24, 2.45) is 0 Å². The second kappa shape index (κ2) is 1.81. The highest BCUT2D eigenvalue weighted by atomic mass is 28.2. The summed E-state index contributed by atoms with van der Waals surface area (Å²) in [6.45, 7) is 0. The molecule has 44 valence electrons. The minimum atomic E-state index is -0.000216. The van der Waals surface area contributed by atoms with E-state index in [2.05, 4.69) is 22.4 Å². The largest absolute Gasteiger partial charge is 0.264 e. The molecule has 0 aromatic carbocycles. The summed E-state index contributed by atoms with van der Waals surface area (Å²) in [4.78, 5) is 4.03. The third kappa shape index (κ3) is 0.714. The molecule has 1 aromatic heterocycles. The van der Waals surface area contributed by atoms with Gasteiger partial charge in [0.15, 0.2) is 0 Å². The van der Waals surface area contributed by atoms with Crippen molar-refractivity contribution in [3.05, 3.63) is 28.9 Å². The minimum absolute atomic E-state index is 0.000216. The third-order valence-corrected chi connectivity index (χ3v) is 2.91. The van der Waals surface area contributed by atoms with Gasteiger partial charge in [0, 0.05) is 12.4 Å². The molecule has 1 aliphatic rings. The van der Waals surface area contributed by atoms with Crippen LogP contribution in [0.1, 0.15) is 0 Å².